The molecule has 0 aliphatic carbocycles. The summed E-state index contributed by atoms with van der Waals surface area (Å²) in [4.78, 5) is 11.0. The van der Waals surface area contributed by atoms with Crippen LogP contribution in [0.3, 0.4) is 0 Å². The van der Waals surface area contributed by atoms with Crippen molar-refractivity contribution in [2.75, 3.05) is 18.0 Å². The van der Waals surface area contributed by atoms with E-state index in [1.54, 1.807) is 12.3 Å². The molecule has 1 aromatic heterocycles. The van der Waals surface area contributed by atoms with Crippen molar-refractivity contribution in [1.29, 1.82) is 0 Å². The average Bonchev–Trinajstić information content (AvgIpc) is 2.39. The maximum absolute atomic E-state index is 9.57. The summed E-state index contributed by atoms with van der Waals surface area (Å²) >= 11 is 4.91. The van der Waals surface area contributed by atoms with Crippen molar-refractivity contribution < 1.29 is 5.11 Å². The highest BCUT2D eigenvalue weighted by Crippen LogP contribution is 2.23. The molecule has 3 N–H and O–H groups in total. The van der Waals surface area contributed by atoms with E-state index < -0.39 is 0 Å². The van der Waals surface area contributed by atoms with Gasteiger partial charge in [0.2, 0.25) is 5.95 Å². The van der Waals surface area contributed by atoms with Crippen molar-refractivity contribution in [1.82, 2.24) is 9.97 Å². The number of piperidine rings is 1. The second kappa shape index (κ2) is 5.58. The predicted molar refractivity (Wildman–Crippen MR) is 74.5 cm³/mol. The van der Waals surface area contributed by atoms with Gasteiger partial charge in [-0.15, -0.1) is 0 Å². The summed E-state index contributed by atoms with van der Waals surface area (Å²) in [7, 11) is 0. The van der Waals surface area contributed by atoms with Crippen molar-refractivity contribution in [2.24, 2.45) is 11.7 Å². The third-order valence-electron chi connectivity index (χ3n) is 3.40. The topological polar surface area (TPSA) is 75.3 Å². The molecule has 1 fully saturated rings. The second-order valence-corrected chi connectivity index (χ2v) is 5.11. The van der Waals surface area contributed by atoms with Gasteiger partial charge in [0.05, 0.1) is 6.10 Å². The molecule has 1 saturated heterocycles. The molecule has 0 amide bonds. The van der Waals surface area contributed by atoms with E-state index in [0.29, 0.717) is 17.6 Å². The Morgan fingerprint density at radius 1 is 1.56 bits per heavy atom. The summed E-state index contributed by atoms with van der Waals surface area (Å²) in [5.41, 5.74) is 6.17. The number of nitrogens with zero attached hydrogens (tertiary/aromatic N) is 3. The minimum atomic E-state index is -0.240. The molecule has 0 aromatic carbocycles. The Kier molecular flexibility index (Phi) is 4.08. The second-order valence-electron chi connectivity index (χ2n) is 4.67. The van der Waals surface area contributed by atoms with Crippen LogP contribution >= 0.6 is 12.2 Å². The van der Waals surface area contributed by atoms with Crippen LogP contribution < -0.4 is 10.6 Å². The van der Waals surface area contributed by atoms with Crippen LogP contribution in [0.5, 0.6) is 0 Å². The fourth-order valence-electron chi connectivity index (χ4n) is 2.22. The molecule has 1 unspecified atom stereocenters. The van der Waals surface area contributed by atoms with E-state index in [9.17, 15) is 5.11 Å². The SMILES string of the molecule is CC(O)C1CCN(c2nccc(C(N)=S)n2)CC1. The lowest BCUT2D eigenvalue weighted by Gasteiger charge is -2.33. The van der Waals surface area contributed by atoms with Crippen LogP contribution in [-0.4, -0.2) is 39.3 Å². The van der Waals surface area contributed by atoms with Gasteiger partial charge in [0.25, 0.3) is 0 Å². The van der Waals surface area contributed by atoms with Crippen molar-refractivity contribution in [3.63, 3.8) is 0 Å². The van der Waals surface area contributed by atoms with Gasteiger partial charge < -0.3 is 15.7 Å². The number of hydrogen-bond donors (Lipinski definition) is 2. The van der Waals surface area contributed by atoms with Gasteiger partial charge in [0.1, 0.15) is 10.7 Å². The van der Waals surface area contributed by atoms with E-state index in [2.05, 4.69) is 14.9 Å². The van der Waals surface area contributed by atoms with Gasteiger partial charge in [-0.3, -0.25) is 0 Å². The molecule has 1 aliphatic heterocycles. The lowest BCUT2D eigenvalue weighted by molar-refractivity contribution is 0.109. The van der Waals surface area contributed by atoms with E-state index in [1.165, 1.54) is 0 Å². The highest BCUT2D eigenvalue weighted by Gasteiger charge is 2.24. The first-order valence-electron chi connectivity index (χ1n) is 6.14. The summed E-state index contributed by atoms with van der Waals surface area (Å²) in [6.45, 7) is 3.57. The lowest BCUT2D eigenvalue weighted by atomic mass is 9.92. The molecule has 1 aliphatic rings. The number of anilines is 1. The molecule has 6 heteroatoms. The molecule has 2 heterocycles. The van der Waals surface area contributed by atoms with Gasteiger partial charge in [-0.2, -0.15) is 0 Å². The van der Waals surface area contributed by atoms with E-state index in [-0.39, 0.29) is 11.1 Å². The van der Waals surface area contributed by atoms with E-state index in [0.717, 1.165) is 25.9 Å². The van der Waals surface area contributed by atoms with Crippen molar-refractivity contribution >= 4 is 23.2 Å². The zero-order valence-electron chi connectivity index (χ0n) is 10.4. The van der Waals surface area contributed by atoms with Gasteiger partial charge >= 0.3 is 0 Å². The summed E-state index contributed by atoms with van der Waals surface area (Å²) in [5.74, 6) is 1.05. The quantitative estimate of drug-likeness (QED) is 0.785. The van der Waals surface area contributed by atoms with Gasteiger partial charge in [-0.25, -0.2) is 9.97 Å². The average molecular weight is 266 g/mol. The van der Waals surface area contributed by atoms with Gasteiger partial charge in [-0.1, -0.05) is 12.2 Å². The molecule has 5 nitrogen and oxygen atoms in total. The summed E-state index contributed by atoms with van der Waals surface area (Å²) in [6, 6.07) is 1.72. The largest absolute Gasteiger partial charge is 0.393 e. The maximum atomic E-state index is 9.57. The predicted octanol–water partition coefficient (Wildman–Crippen LogP) is 0.708. The number of hydrogen-bond acceptors (Lipinski definition) is 5. The monoisotopic (exact) mass is 266 g/mol. The minimum Gasteiger partial charge on any atom is -0.393 e. The zero-order valence-corrected chi connectivity index (χ0v) is 11.2. The smallest absolute Gasteiger partial charge is 0.225 e. The van der Waals surface area contributed by atoms with Crippen LogP contribution in [0.15, 0.2) is 12.3 Å². The number of aliphatic hydroxyl groups is 1. The normalized spacial score (nSPS) is 18.7. The van der Waals surface area contributed by atoms with Crippen LogP contribution in [0.1, 0.15) is 25.5 Å². The summed E-state index contributed by atoms with van der Waals surface area (Å²) < 4.78 is 0. The molecule has 1 atom stereocenters. The third kappa shape index (κ3) is 2.94. The fourth-order valence-corrected chi connectivity index (χ4v) is 2.33. The number of thiocarbonyl (C=S) groups is 1. The van der Waals surface area contributed by atoms with Crippen LogP contribution in [0.4, 0.5) is 5.95 Å². The highest BCUT2D eigenvalue weighted by molar-refractivity contribution is 7.80. The molecule has 0 saturated carbocycles. The lowest BCUT2D eigenvalue weighted by Crippen LogP contribution is -2.38. The van der Waals surface area contributed by atoms with Crippen molar-refractivity contribution in [2.45, 2.75) is 25.9 Å². The number of aliphatic hydroxyl groups excluding tert-OH is 1. The van der Waals surface area contributed by atoms with Crippen LogP contribution in [0.25, 0.3) is 0 Å². The van der Waals surface area contributed by atoms with Crippen LogP contribution in [0.2, 0.25) is 0 Å². The molecule has 98 valence electrons. The maximum Gasteiger partial charge on any atom is 0.225 e. The standard InChI is InChI=1S/C12H18N4OS/c1-8(17)9-3-6-16(7-4-9)12-14-5-2-10(15-12)11(13)18/h2,5,8-9,17H,3-4,6-7H2,1H3,(H2,13,18). The Balaban J connectivity index is 2.05. The third-order valence-corrected chi connectivity index (χ3v) is 3.61. The van der Waals surface area contributed by atoms with Gasteiger partial charge in [-0.05, 0) is 31.7 Å². The first-order valence-corrected chi connectivity index (χ1v) is 6.54. The fraction of sp³-hybridized carbons (Fsp3) is 0.583. The highest BCUT2D eigenvalue weighted by atomic mass is 32.1. The Labute approximate surface area is 112 Å². The van der Waals surface area contributed by atoms with Crippen molar-refractivity contribution in [3.8, 4) is 0 Å². The number of aromatic nitrogens is 2. The Bertz CT molecular complexity index is 430. The Morgan fingerprint density at radius 2 is 2.22 bits per heavy atom. The molecule has 2 rings (SSSR count). The molecule has 1 aromatic rings. The minimum absolute atomic E-state index is 0.240. The first kappa shape index (κ1) is 13.2. The van der Waals surface area contributed by atoms with Crippen LogP contribution in [-0.2, 0) is 0 Å². The van der Waals surface area contributed by atoms with E-state index in [1.807, 2.05) is 6.92 Å². The molecule has 0 radical (unpaired) electrons. The number of rotatable bonds is 3. The zero-order chi connectivity index (χ0) is 13.1. The van der Waals surface area contributed by atoms with E-state index >= 15 is 0 Å². The van der Waals surface area contributed by atoms with Crippen molar-refractivity contribution in [3.05, 3.63) is 18.0 Å². The molecule has 18 heavy (non-hydrogen) atoms. The van der Waals surface area contributed by atoms with Crippen LogP contribution in [0, 0.1) is 5.92 Å². The first-order chi connectivity index (χ1) is 8.58. The van der Waals surface area contributed by atoms with Gasteiger partial charge in [0.15, 0.2) is 0 Å². The Hall–Kier alpha value is -1.27. The number of nitrogens with two attached hydrogens (primary N) is 1. The van der Waals surface area contributed by atoms with Gasteiger partial charge in [0, 0.05) is 19.3 Å². The molecular formula is C12H18N4OS. The Morgan fingerprint density at radius 3 is 2.78 bits per heavy atom. The molecular weight excluding hydrogens is 248 g/mol. The summed E-state index contributed by atoms with van der Waals surface area (Å²) in [6.07, 6.45) is 3.35. The molecule has 0 bridgehead atoms. The van der Waals surface area contributed by atoms with E-state index in [4.69, 9.17) is 18.0 Å². The molecule has 0 spiro atoms. The summed E-state index contributed by atoms with van der Waals surface area (Å²) in [5, 5.41) is 9.57.